The molecule has 0 bridgehead atoms. The molecule has 1 aromatic heterocycles. The van der Waals surface area contributed by atoms with Crippen molar-refractivity contribution in [2.45, 2.75) is 25.4 Å². The number of carbonyl (C=O) groups excluding carboxylic acids is 1. The molecule has 0 radical (unpaired) electrons. The van der Waals surface area contributed by atoms with Crippen molar-refractivity contribution in [2.75, 3.05) is 12.0 Å². The maximum Gasteiger partial charge on any atom is 0.237 e. The Labute approximate surface area is 100.0 Å². The molecule has 4 nitrogen and oxygen atoms in total. The molecule has 0 fully saturated rings. The number of hydrogen-bond acceptors (Lipinski definition) is 4. The Morgan fingerprint density at radius 2 is 2.44 bits per heavy atom. The lowest BCUT2D eigenvalue weighted by atomic mass is 10.2. The van der Waals surface area contributed by atoms with Gasteiger partial charge in [0.15, 0.2) is 0 Å². The van der Waals surface area contributed by atoms with Crippen LogP contribution in [-0.4, -0.2) is 24.0 Å². The third-order valence-electron chi connectivity index (χ3n) is 2.30. The van der Waals surface area contributed by atoms with Crippen molar-refractivity contribution in [3.8, 4) is 0 Å². The number of rotatable bonds is 6. The maximum absolute atomic E-state index is 11.7. The molecule has 0 aliphatic heterocycles. The van der Waals surface area contributed by atoms with Gasteiger partial charge < -0.3 is 15.5 Å². The van der Waals surface area contributed by atoms with E-state index in [4.69, 9.17) is 10.2 Å². The molecule has 2 atom stereocenters. The van der Waals surface area contributed by atoms with Gasteiger partial charge in [0.2, 0.25) is 5.91 Å². The first-order chi connectivity index (χ1) is 7.65. The molecule has 0 saturated heterocycles. The first-order valence-electron chi connectivity index (χ1n) is 5.23. The van der Waals surface area contributed by atoms with Gasteiger partial charge in [-0.3, -0.25) is 4.79 Å². The quantitative estimate of drug-likeness (QED) is 0.794. The molecule has 0 aliphatic rings. The average molecular weight is 242 g/mol. The van der Waals surface area contributed by atoms with Gasteiger partial charge in [-0.05, 0) is 37.5 Å². The summed E-state index contributed by atoms with van der Waals surface area (Å²) < 4.78 is 5.20. The van der Waals surface area contributed by atoms with Crippen molar-refractivity contribution in [3.05, 3.63) is 24.2 Å². The van der Waals surface area contributed by atoms with Crippen molar-refractivity contribution in [2.24, 2.45) is 5.73 Å². The fraction of sp³-hybridized carbons (Fsp3) is 0.545. The Morgan fingerprint density at radius 1 is 1.69 bits per heavy atom. The first-order valence-corrected chi connectivity index (χ1v) is 6.63. The van der Waals surface area contributed by atoms with Crippen LogP contribution in [-0.2, 0) is 4.79 Å². The van der Waals surface area contributed by atoms with E-state index in [2.05, 4.69) is 5.32 Å². The van der Waals surface area contributed by atoms with Crippen LogP contribution in [0.2, 0.25) is 0 Å². The molecule has 90 valence electrons. The summed E-state index contributed by atoms with van der Waals surface area (Å²) in [6.45, 7) is 1.87. The Bertz CT molecular complexity index is 314. The van der Waals surface area contributed by atoms with E-state index in [1.54, 1.807) is 24.1 Å². The van der Waals surface area contributed by atoms with Crippen molar-refractivity contribution in [1.29, 1.82) is 0 Å². The van der Waals surface area contributed by atoms with Crippen molar-refractivity contribution in [1.82, 2.24) is 5.32 Å². The molecule has 1 amide bonds. The van der Waals surface area contributed by atoms with Gasteiger partial charge in [-0.25, -0.2) is 0 Å². The Balaban J connectivity index is 2.39. The minimum atomic E-state index is -0.440. The average Bonchev–Trinajstić information content (AvgIpc) is 2.79. The lowest BCUT2D eigenvalue weighted by Crippen LogP contribution is -2.41. The lowest BCUT2D eigenvalue weighted by Gasteiger charge is -2.15. The van der Waals surface area contributed by atoms with E-state index in [0.717, 1.165) is 11.5 Å². The second kappa shape index (κ2) is 6.60. The molecule has 16 heavy (non-hydrogen) atoms. The predicted octanol–water partition coefficient (Wildman–Crippen LogP) is 1.54. The predicted molar refractivity (Wildman–Crippen MR) is 66.2 cm³/mol. The third kappa shape index (κ3) is 3.90. The number of carbonyl (C=O) groups is 1. The highest BCUT2D eigenvalue weighted by Crippen LogP contribution is 2.12. The molecule has 0 spiro atoms. The second-order valence-corrected chi connectivity index (χ2v) is 4.62. The number of nitrogens with two attached hydrogens (primary N) is 1. The van der Waals surface area contributed by atoms with Gasteiger partial charge in [0.1, 0.15) is 5.76 Å². The molecule has 1 unspecified atom stereocenters. The van der Waals surface area contributed by atoms with Gasteiger partial charge in [0.05, 0.1) is 18.3 Å². The molecule has 1 heterocycles. The molecule has 1 rings (SSSR count). The normalized spacial score (nSPS) is 14.4. The van der Waals surface area contributed by atoms with Crippen LogP contribution in [0.1, 0.15) is 25.1 Å². The van der Waals surface area contributed by atoms with Crippen LogP contribution >= 0.6 is 11.8 Å². The zero-order valence-electron chi connectivity index (χ0n) is 9.60. The first kappa shape index (κ1) is 13.1. The third-order valence-corrected chi connectivity index (χ3v) is 2.94. The number of amides is 1. The fourth-order valence-electron chi connectivity index (χ4n) is 1.31. The zero-order chi connectivity index (χ0) is 12.0. The fourth-order valence-corrected chi connectivity index (χ4v) is 1.79. The van der Waals surface area contributed by atoms with Gasteiger partial charge >= 0.3 is 0 Å². The van der Waals surface area contributed by atoms with Gasteiger partial charge in [-0.2, -0.15) is 11.8 Å². The summed E-state index contributed by atoms with van der Waals surface area (Å²) in [5.74, 6) is 1.51. The SMILES string of the molecule is CSCC[C@@H](N)C(=O)NC(C)c1ccco1. The highest BCUT2D eigenvalue weighted by atomic mass is 32.2. The van der Waals surface area contributed by atoms with Crippen LogP contribution in [0.5, 0.6) is 0 Å². The van der Waals surface area contributed by atoms with Gasteiger partial charge in [0.25, 0.3) is 0 Å². The van der Waals surface area contributed by atoms with E-state index in [1.165, 1.54) is 0 Å². The minimum absolute atomic E-state index is 0.127. The van der Waals surface area contributed by atoms with Crippen LogP contribution in [0, 0.1) is 0 Å². The van der Waals surface area contributed by atoms with Crippen LogP contribution in [0.4, 0.5) is 0 Å². The molecular weight excluding hydrogens is 224 g/mol. The van der Waals surface area contributed by atoms with Crippen molar-refractivity contribution >= 4 is 17.7 Å². The molecule has 0 aliphatic carbocycles. The van der Waals surface area contributed by atoms with Gasteiger partial charge in [-0.15, -0.1) is 0 Å². The highest BCUT2D eigenvalue weighted by Gasteiger charge is 2.17. The van der Waals surface area contributed by atoms with E-state index < -0.39 is 6.04 Å². The van der Waals surface area contributed by atoms with Crippen molar-refractivity contribution in [3.63, 3.8) is 0 Å². The van der Waals surface area contributed by atoms with Crippen LogP contribution < -0.4 is 11.1 Å². The smallest absolute Gasteiger partial charge is 0.237 e. The molecule has 0 aromatic carbocycles. The zero-order valence-corrected chi connectivity index (χ0v) is 10.4. The molecule has 1 aromatic rings. The summed E-state index contributed by atoms with van der Waals surface area (Å²) in [7, 11) is 0. The van der Waals surface area contributed by atoms with Crippen molar-refractivity contribution < 1.29 is 9.21 Å². The largest absolute Gasteiger partial charge is 0.467 e. The van der Waals surface area contributed by atoms with E-state index >= 15 is 0 Å². The van der Waals surface area contributed by atoms with Gasteiger partial charge in [-0.1, -0.05) is 0 Å². The standard InChI is InChI=1S/C11H18N2O2S/c1-8(10-4-3-6-15-10)13-11(14)9(12)5-7-16-2/h3-4,6,8-9H,5,7,12H2,1-2H3,(H,13,14)/t8?,9-/m1/s1. The number of thioether (sulfide) groups is 1. The number of hydrogen-bond donors (Lipinski definition) is 2. The summed E-state index contributed by atoms with van der Waals surface area (Å²) in [5, 5.41) is 2.82. The molecule has 3 N–H and O–H groups in total. The molecule has 0 saturated carbocycles. The van der Waals surface area contributed by atoms with E-state index in [0.29, 0.717) is 6.42 Å². The lowest BCUT2D eigenvalue weighted by molar-refractivity contribution is -0.123. The summed E-state index contributed by atoms with van der Waals surface area (Å²) in [4.78, 5) is 11.7. The van der Waals surface area contributed by atoms with E-state index in [1.807, 2.05) is 19.2 Å². The summed E-state index contributed by atoms with van der Waals surface area (Å²) in [6, 6.07) is 3.05. The Kier molecular flexibility index (Phi) is 5.42. The summed E-state index contributed by atoms with van der Waals surface area (Å²) in [6.07, 6.45) is 4.28. The number of furan rings is 1. The molecular formula is C11H18N2O2S. The van der Waals surface area contributed by atoms with Gasteiger partial charge in [0, 0.05) is 0 Å². The number of nitrogens with one attached hydrogen (secondary N) is 1. The Hall–Kier alpha value is -0.940. The highest BCUT2D eigenvalue weighted by molar-refractivity contribution is 7.98. The second-order valence-electron chi connectivity index (χ2n) is 3.63. The topological polar surface area (TPSA) is 68.3 Å². The van der Waals surface area contributed by atoms with Crippen LogP contribution in [0.15, 0.2) is 22.8 Å². The van der Waals surface area contributed by atoms with Crippen LogP contribution in [0.25, 0.3) is 0 Å². The maximum atomic E-state index is 11.7. The monoisotopic (exact) mass is 242 g/mol. The van der Waals surface area contributed by atoms with Crippen LogP contribution in [0.3, 0.4) is 0 Å². The summed E-state index contributed by atoms with van der Waals surface area (Å²) >= 11 is 1.69. The van der Waals surface area contributed by atoms with E-state index in [9.17, 15) is 4.79 Å². The molecule has 5 heteroatoms. The Morgan fingerprint density at radius 3 is 3.00 bits per heavy atom. The summed E-state index contributed by atoms with van der Waals surface area (Å²) in [5.41, 5.74) is 5.75. The minimum Gasteiger partial charge on any atom is -0.467 e. The van der Waals surface area contributed by atoms with E-state index in [-0.39, 0.29) is 11.9 Å².